The molecule has 1 saturated heterocycles. The van der Waals surface area contributed by atoms with E-state index in [2.05, 4.69) is 20.2 Å². The lowest BCUT2D eigenvalue weighted by molar-refractivity contribution is -0.136. The van der Waals surface area contributed by atoms with Crippen LogP contribution in [0.4, 0.5) is 5.82 Å². The van der Waals surface area contributed by atoms with Crippen molar-refractivity contribution in [2.75, 3.05) is 25.5 Å². The number of aromatic nitrogens is 2. The lowest BCUT2D eigenvalue weighted by Gasteiger charge is -2.34. The Morgan fingerprint density at radius 3 is 2.64 bits per heavy atom. The van der Waals surface area contributed by atoms with Crippen molar-refractivity contribution in [2.24, 2.45) is 5.92 Å². The number of ether oxygens (including phenoxy) is 1. The molecule has 22 heavy (non-hydrogen) atoms. The second-order valence-corrected chi connectivity index (χ2v) is 6.17. The van der Waals surface area contributed by atoms with E-state index in [0.29, 0.717) is 17.8 Å². The minimum absolute atomic E-state index is 0.288. The van der Waals surface area contributed by atoms with Crippen molar-refractivity contribution in [1.29, 1.82) is 0 Å². The van der Waals surface area contributed by atoms with E-state index in [-0.39, 0.29) is 5.92 Å². The van der Waals surface area contributed by atoms with Gasteiger partial charge in [-0.3, -0.25) is 4.79 Å². The van der Waals surface area contributed by atoms with Gasteiger partial charge in [-0.25, -0.2) is 9.97 Å². The Kier molecular flexibility index (Phi) is 4.75. The largest absolute Gasteiger partial charge is 0.481 e. The molecule has 0 atom stereocenters. The summed E-state index contributed by atoms with van der Waals surface area (Å²) >= 11 is 0. The van der Waals surface area contributed by atoms with E-state index < -0.39 is 0 Å². The maximum atomic E-state index is 12.4. The number of methoxy groups -OCH3 is 1. The smallest absolute Gasteiger partial charge is 0.225 e. The van der Waals surface area contributed by atoms with Gasteiger partial charge in [-0.15, -0.1) is 0 Å². The first-order valence-electron chi connectivity index (χ1n) is 8.17. The predicted molar refractivity (Wildman–Crippen MR) is 83.8 cm³/mol. The highest BCUT2D eigenvalue weighted by atomic mass is 16.5. The highest BCUT2D eigenvalue weighted by Gasteiger charge is 2.30. The Bertz CT molecular complexity index is 509. The number of carbonyl (C=O) groups excluding carboxylic acids is 1. The average molecular weight is 304 g/mol. The quantitative estimate of drug-likeness (QED) is 0.922. The third-order valence-electron chi connectivity index (χ3n) is 4.71. The molecule has 6 heteroatoms. The third-order valence-corrected chi connectivity index (χ3v) is 4.71. The Morgan fingerprint density at radius 2 is 1.95 bits per heavy atom. The highest BCUT2D eigenvalue weighted by Crippen LogP contribution is 2.28. The molecule has 1 aromatic rings. The zero-order chi connectivity index (χ0) is 15.4. The average Bonchev–Trinajstić information content (AvgIpc) is 3.09. The number of anilines is 1. The summed E-state index contributed by atoms with van der Waals surface area (Å²) in [5.41, 5.74) is 0. The third kappa shape index (κ3) is 3.48. The number of amides is 1. The summed E-state index contributed by atoms with van der Waals surface area (Å²) in [6, 6.07) is 2.16. The molecule has 3 rings (SSSR count). The first kappa shape index (κ1) is 15.1. The maximum absolute atomic E-state index is 12.4. The molecular formula is C16H24N4O2. The molecule has 0 spiro atoms. The zero-order valence-corrected chi connectivity index (χ0v) is 13.1. The van der Waals surface area contributed by atoms with Gasteiger partial charge < -0.3 is 15.0 Å². The lowest BCUT2D eigenvalue weighted by Crippen LogP contribution is -2.44. The van der Waals surface area contributed by atoms with Crippen molar-refractivity contribution in [2.45, 2.75) is 44.6 Å². The number of hydrogen-bond donors (Lipinski definition) is 1. The van der Waals surface area contributed by atoms with E-state index in [1.807, 2.05) is 0 Å². The number of nitrogens with one attached hydrogen (secondary N) is 1. The molecule has 0 aromatic carbocycles. The number of piperidine rings is 1. The fraction of sp³-hybridized carbons (Fsp3) is 0.688. The van der Waals surface area contributed by atoms with E-state index in [1.165, 1.54) is 19.2 Å². The van der Waals surface area contributed by atoms with Crippen LogP contribution in [0.25, 0.3) is 0 Å². The number of carbonyl (C=O) groups is 1. The molecule has 1 N–H and O–H groups in total. The summed E-state index contributed by atoms with van der Waals surface area (Å²) in [7, 11) is 1.60. The number of likely N-dealkylation sites (tertiary alicyclic amines) is 1. The van der Waals surface area contributed by atoms with Crippen LogP contribution in [0, 0.1) is 5.92 Å². The molecule has 0 unspecified atom stereocenters. The van der Waals surface area contributed by atoms with Crippen LogP contribution in [0.1, 0.15) is 38.5 Å². The van der Waals surface area contributed by atoms with Gasteiger partial charge >= 0.3 is 0 Å². The van der Waals surface area contributed by atoms with Gasteiger partial charge in [0.15, 0.2) is 0 Å². The van der Waals surface area contributed by atoms with Gasteiger partial charge in [-0.2, -0.15) is 0 Å². The van der Waals surface area contributed by atoms with Gasteiger partial charge in [0.05, 0.1) is 7.11 Å². The number of rotatable bonds is 4. The molecule has 2 fully saturated rings. The number of hydrogen-bond acceptors (Lipinski definition) is 5. The molecular weight excluding hydrogens is 280 g/mol. The van der Waals surface area contributed by atoms with Gasteiger partial charge in [0, 0.05) is 31.1 Å². The fourth-order valence-electron chi connectivity index (χ4n) is 3.41. The van der Waals surface area contributed by atoms with Crippen LogP contribution in [-0.4, -0.2) is 47.0 Å². The summed E-state index contributed by atoms with van der Waals surface area (Å²) in [6.45, 7) is 1.68. The lowest BCUT2D eigenvalue weighted by atomic mass is 10.0. The molecule has 2 aliphatic rings. The van der Waals surface area contributed by atoms with Crippen LogP contribution in [0.2, 0.25) is 0 Å². The highest BCUT2D eigenvalue weighted by molar-refractivity contribution is 5.79. The second-order valence-electron chi connectivity index (χ2n) is 6.17. The minimum atomic E-state index is 0.288. The molecule has 1 amide bonds. The molecule has 1 aliphatic heterocycles. The van der Waals surface area contributed by atoms with Crippen molar-refractivity contribution >= 4 is 11.7 Å². The standard InChI is InChI=1S/C16H24N4O2/c1-22-15-10-14(17-11-18-15)19-13-6-8-20(9-7-13)16(21)12-4-2-3-5-12/h10-13H,2-9H2,1H3,(H,17,18,19). The predicted octanol–water partition coefficient (Wildman–Crippen LogP) is 2.08. The first-order valence-corrected chi connectivity index (χ1v) is 8.17. The van der Waals surface area contributed by atoms with Crippen molar-refractivity contribution in [3.63, 3.8) is 0 Å². The van der Waals surface area contributed by atoms with Crippen molar-refractivity contribution in [3.8, 4) is 5.88 Å². The summed E-state index contributed by atoms with van der Waals surface area (Å²) < 4.78 is 5.11. The van der Waals surface area contributed by atoms with Crippen molar-refractivity contribution < 1.29 is 9.53 Å². The van der Waals surface area contributed by atoms with E-state index in [4.69, 9.17) is 4.74 Å². The first-order chi connectivity index (χ1) is 10.8. The number of nitrogens with zero attached hydrogens (tertiary/aromatic N) is 3. The van der Waals surface area contributed by atoms with Crippen molar-refractivity contribution in [3.05, 3.63) is 12.4 Å². The SMILES string of the molecule is COc1cc(NC2CCN(C(=O)C3CCCC3)CC2)ncn1. The van der Waals surface area contributed by atoms with E-state index in [1.54, 1.807) is 13.2 Å². The molecule has 6 nitrogen and oxygen atoms in total. The van der Waals surface area contributed by atoms with Gasteiger partial charge in [0.1, 0.15) is 12.1 Å². The maximum Gasteiger partial charge on any atom is 0.225 e. The minimum Gasteiger partial charge on any atom is -0.481 e. The topological polar surface area (TPSA) is 67.3 Å². The Balaban J connectivity index is 1.49. The van der Waals surface area contributed by atoms with E-state index in [9.17, 15) is 4.79 Å². The molecule has 1 aromatic heterocycles. The normalized spacial score (nSPS) is 20.1. The fourth-order valence-corrected chi connectivity index (χ4v) is 3.41. The summed E-state index contributed by atoms with van der Waals surface area (Å²) in [5, 5.41) is 3.42. The Labute approximate surface area is 131 Å². The van der Waals surface area contributed by atoms with Crippen LogP contribution < -0.4 is 10.1 Å². The summed E-state index contributed by atoms with van der Waals surface area (Å²) in [6.07, 6.45) is 8.01. The molecule has 1 aliphatic carbocycles. The summed E-state index contributed by atoms with van der Waals surface area (Å²) in [4.78, 5) is 22.7. The van der Waals surface area contributed by atoms with Crippen LogP contribution >= 0.6 is 0 Å². The molecule has 0 bridgehead atoms. The van der Waals surface area contributed by atoms with Crippen LogP contribution in [0.15, 0.2) is 12.4 Å². The monoisotopic (exact) mass is 304 g/mol. The summed E-state index contributed by atoms with van der Waals surface area (Å²) in [5.74, 6) is 2.01. The van der Waals surface area contributed by atoms with Gasteiger partial charge in [-0.05, 0) is 25.7 Å². The van der Waals surface area contributed by atoms with Crippen LogP contribution in [-0.2, 0) is 4.79 Å². The van der Waals surface area contributed by atoms with E-state index >= 15 is 0 Å². The second kappa shape index (κ2) is 6.94. The van der Waals surface area contributed by atoms with Gasteiger partial charge in [0.25, 0.3) is 0 Å². The zero-order valence-electron chi connectivity index (χ0n) is 13.1. The Morgan fingerprint density at radius 1 is 1.23 bits per heavy atom. The van der Waals surface area contributed by atoms with E-state index in [0.717, 1.165) is 44.6 Å². The molecule has 1 saturated carbocycles. The molecule has 0 radical (unpaired) electrons. The van der Waals surface area contributed by atoms with Crippen LogP contribution in [0.5, 0.6) is 5.88 Å². The van der Waals surface area contributed by atoms with Gasteiger partial charge in [-0.1, -0.05) is 12.8 Å². The van der Waals surface area contributed by atoms with Crippen LogP contribution in [0.3, 0.4) is 0 Å². The molecule has 2 heterocycles. The van der Waals surface area contributed by atoms with Crippen molar-refractivity contribution in [1.82, 2.24) is 14.9 Å². The molecule has 120 valence electrons. The van der Waals surface area contributed by atoms with Gasteiger partial charge in [0.2, 0.25) is 11.8 Å². The Hall–Kier alpha value is -1.85.